The van der Waals surface area contributed by atoms with Crippen molar-refractivity contribution in [2.24, 2.45) is 0 Å². The molecule has 2 aromatic carbocycles. The summed E-state index contributed by atoms with van der Waals surface area (Å²) < 4.78 is 5.94. The van der Waals surface area contributed by atoms with E-state index in [0.29, 0.717) is 24.9 Å². The molecule has 1 fully saturated rings. The molecule has 1 aliphatic carbocycles. The number of nitrogens with one attached hydrogen (secondary N) is 1. The molecule has 0 amide bonds. The molecule has 0 aromatic heterocycles. The van der Waals surface area contributed by atoms with Gasteiger partial charge in [0, 0.05) is 30.3 Å². The minimum Gasteiger partial charge on any atom is -0.489 e. The number of nitro benzene ring substituents is 1. The zero-order valence-corrected chi connectivity index (χ0v) is 14.3. The van der Waals surface area contributed by atoms with E-state index in [9.17, 15) is 10.1 Å². The Labute approximate surface area is 148 Å². The first-order chi connectivity index (χ1) is 12.2. The van der Waals surface area contributed by atoms with Crippen LogP contribution in [-0.4, -0.2) is 11.0 Å². The number of nitro groups is 1. The summed E-state index contributed by atoms with van der Waals surface area (Å²) in [4.78, 5) is 10.7. The van der Waals surface area contributed by atoms with E-state index >= 15 is 0 Å². The van der Waals surface area contributed by atoms with Crippen LogP contribution in [0.4, 0.5) is 5.69 Å². The fraction of sp³-hybridized carbons (Fsp3) is 0.400. The maximum Gasteiger partial charge on any atom is 0.270 e. The highest BCUT2D eigenvalue weighted by Crippen LogP contribution is 2.26. The molecule has 1 N–H and O–H groups in total. The van der Waals surface area contributed by atoms with Crippen molar-refractivity contribution in [3.8, 4) is 5.75 Å². The molecule has 25 heavy (non-hydrogen) atoms. The highest BCUT2D eigenvalue weighted by atomic mass is 16.6. The number of rotatable bonds is 7. The highest BCUT2D eigenvalue weighted by molar-refractivity contribution is 5.44. The van der Waals surface area contributed by atoms with E-state index in [1.807, 2.05) is 30.3 Å². The molecule has 0 saturated heterocycles. The second-order valence-corrected chi connectivity index (χ2v) is 6.54. The molecule has 1 saturated carbocycles. The number of benzene rings is 2. The molecule has 132 valence electrons. The summed E-state index contributed by atoms with van der Waals surface area (Å²) >= 11 is 0. The number of non-ortho nitro benzene ring substituents is 1. The van der Waals surface area contributed by atoms with Crippen LogP contribution in [0, 0.1) is 10.1 Å². The average molecular weight is 340 g/mol. The van der Waals surface area contributed by atoms with Crippen LogP contribution < -0.4 is 10.1 Å². The normalized spacial score (nSPS) is 15.0. The van der Waals surface area contributed by atoms with Gasteiger partial charge in [0.15, 0.2) is 0 Å². The monoisotopic (exact) mass is 340 g/mol. The van der Waals surface area contributed by atoms with Crippen LogP contribution in [0.2, 0.25) is 0 Å². The fourth-order valence-corrected chi connectivity index (χ4v) is 3.25. The summed E-state index contributed by atoms with van der Waals surface area (Å²) in [7, 11) is 0. The van der Waals surface area contributed by atoms with Crippen molar-refractivity contribution in [2.45, 2.75) is 51.3 Å². The predicted octanol–water partition coefficient (Wildman–Crippen LogP) is 4.60. The van der Waals surface area contributed by atoms with Gasteiger partial charge < -0.3 is 10.1 Å². The topological polar surface area (TPSA) is 64.4 Å². The smallest absolute Gasteiger partial charge is 0.270 e. The largest absolute Gasteiger partial charge is 0.489 e. The van der Waals surface area contributed by atoms with E-state index in [-0.39, 0.29) is 10.6 Å². The van der Waals surface area contributed by atoms with Gasteiger partial charge >= 0.3 is 0 Å². The number of nitrogens with zero attached hydrogens (tertiary/aromatic N) is 1. The third-order valence-corrected chi connectivity index (χ3v) is 4.68. The third kappa shape index (κ3) is 5.03. The van der Waals surface area contributed by atoms with Gasteiger partial charge in [0.1, 0.15) is 12.4 Å². The van der Waals surface area contributed by atoms with Crippen LogP contribution >= 0.6 is 0 Å². The first-order valence-electron chi connectivity index (χ1n) is 8.90. The molecule has 0 heterocycles. The minimum atomic E-state index is -0.356. The lowest BCUT2D eigenvalue weighted by Gasteiger charge is -2.23. The number of hydrogen-bond donors (Lipinski definition) is 1. The maximum atomic E-state index is 11.1. The van der Waals surface area contributed by atoms with Gasteiger partial charge in [-0.25, -0.2) is 0 Å². The average Bonchev–Trinajstić information content (AvgIpc) is 2.66. The van der Waals surface area contributed by atoms with Crippen LogP contribution in [0.25, 0.3) is 0 Å². The Morgan fingerprint density at radius 1 is 1.08 bits per heavy atom. The van der Waals surface area contributed by atoms with E-state index in [4.69, 9.17) is 4.74 Å². The van der Waals surface area contributed by atoms with Crippen molar-refractivity contribution in [3.63, 3.8) is 0 Å². The van der Waals surface area contributed by atoms with Gasteiger partial charge in [-0.05, 0) is 24.5 Å². The van der Waals surface area contributed by atoms with E-state index in [2.05, 4.69) is 5.32 Å². The molecule has 0 atom stereocenters. The van der Waals surface area contributed by atoms with Crippen LogP contribution in [0.15, 0.2) is 48.5 Å². The van der Waals surface area contributed by atoms with Crippen molar-refractivity contribution in [2.75, 3.05) is 0 Å². The van der Waals surface area contributed by atoms with Gasteiger partial charge in [0.2, 0.25) is 0 Å². The van der Waals surface area contributed by atoms with E-state index < -0.39 is 0 Å². The summed E-state index contributed by atoms with van der Waals surface area (Å²) in [5.41, 5.74) is 2.02. The lowest BCUT2D eigenvalue weighted by atomic mass is 9.95. The molecule has 0 unspecified atom stereocenters. The van der Waals surface area contributed by atoms with Gasteiger partial charge in [-0.3, -0.25) is 10.1 Å². The predicted molar refractivity (Wildman–Crippen MR) is 97.6 cm³/mol. The summed E-state index contributed by atoms with van der Waals surface area (Å²) in [5.74, 6) is 0.706. The Morgan fingerprint density at radius 2 is 1.84 bits per heavy atom. The Morgan fingerprint density at radius 3 is 2.56 bits per heavy atom. The van der Waals surface area contributed by atoms with Gasteiger partial charge in [0.25, 0.3) is 5.69 Å². The van der Waals surface area contributed by atoms with E-state index in [1.54, 1.807) is 12.1 Å². The van der Waals surface area contributed by atoms with Crippen molar-refractivity contribution < 1.29 is 9.66 Å². The summed E-state index contributed by atoms with van der Waals surface area (Å²) in [6, 6.07) is 15.3. The summed E-state index contributed by atoms with van der Waals surface area (Å²) in [6.45, 7) is 1.05. The SMILES string of the molecule is O=[N+]([O-])c1ccc(OCc2ccccc2)c(CNC2CCCCC2)c1. The molecule has 0 bridgehead atoms. The highest BCUT2D eigenvalue weighted by Gasteiger charge is 2.16. The standard InChI is InChI=1S/C20H24N2O3/c23-22(24)19-11-12-20(25-15-16-7-3-1-4-8-16)17(13-19)14-21-18-9-5-2-6-10-18/h1,3-4,7-8,11-13,18,21H,2,5-6,9-10,14-15H2. The second kappa shape index (κ2) is 8.62. The van der Waals surface area contributed by atoms with Crippen LogP contribution in [0.5, 0.6) is 5.75 Å². The Hall–Kier alpha value is -2.40. The molecule has 5 heteroatoms. The zero-order valence-electron chi connectivity index (χ0n) is 14.3. The molecular weight excluding hydrogens is 316 g/mol. The Bertz CT molecular complexity index is 697. The number of ether oxygens (including phenoxy) is 1. The first-order valence-corrected chi connectivity index (χ1v) is 8.90. The van der Waals surface area contributed by atoms with Gasteiger partial charge in [-0.15, -0.1) is 0 Å². The van der Waals surface area contributed by atoms with Crippen molar-refractivity contribution in [3.05, 3.63) is 69.8 Å². The van der Waals surface area contributed by atoms with E-state index in [1.165, 1.54) is 38.2 Å². The van der Waals surface area contributed by atoms with Crippen molar-refractivity contribution in [1.82, 2.24) is 5.32 Å². The molecule has 5 nitrogen and oxygen atoms in total. The molecule has 0 radical (unpaired) electrons. The summed E-state index contributed by atoms with van der Waals surface area (Å²) in [6.07, 6.45) is 6.17. The van der Waals surface area contributed by atoms with Gasteiger partial charge in [-0.1, -0.05) is 49.6 Å². The molecule has 1 aliphatic rings. The Balaban J connectivity index is 1.70. The zero-order chi connectivity index (χ0) is 17.5. The molecular formula is C20H24N2O3. The lowest BCUT2D eigenvalue weighted by molar-refractivity contribution is -0.384. The molecule has 0 aliphatic heterocycles. The summed E-state index contributed by atoms with van der Waals surface area (Å²) in [5, 5.41) is 14.6. The molecule has 2 aromatic rings. The van der Waals surface area contributed by atoms with Crippen molar-refractivity contribution >= 4 is 5.69 Å². The second-order valence-electron chi connectivity index (χ2n) is 6.54. The third-order valence-electron chi connectivity index (χ3n) is 4.68. The molecule has 3 rings (SSSR count). The fourth-order valence-electron chi connectivity index (χ4n) is 3.25. The Kier molecular flexibility index (Phi) is 6.01. The first kappa shape index (κ1) is 17.4. The van der Waals surface area contributed by atoms with Gasteiger partial charge in [-0.2, -0.15) is 0 Å². The van der Waals surface area contributed by atoms with Crippen molar-refractivity contribution in [1.29, 1.82) is 0 Å². The maximum absolute atomic E-state index is 11.1. The molecule has 0 spiro atoms. The number of hydrogen-bond acceptors (Lipinski definition) is 4. The van der Waals surface area contributed by atoms with Crippen LogP contribution in [-0.2, 0) is 13.2 Å². The lowest BCUT2D eigenvalue weighted by Crippen LogP contribution is -2.30. The quantitative estimate of drug-likeness (QED) is 0.591. The van der Waals surface area contributed by atoms with Crippen LogP contribution in [0.1, 0.15) is 43.2 Å². The van der Waals surface area contributed by atoms with Gasteiger partial charge in [0.05, 0.1) is 4.92 Å². The minimum absolute atomic E-state index is 0.104. The van der Waals surface area contributed by atoms with E-state index in [0.717, 1.165) is 11.1 Å². The van der Waals surface area contributed by atoms with Crippen LogP contribution in [0.3, 0.4) is 0 Å².